The third kappa shape index (κ3) is 1.88. The Hall–Kier alpha value is -0.900. The van der Waals surface area contributed by atoms with E-state index < -0.39 is 0 Å². The minimum Gasteiger partial charge on any atom is -0.312 e. The van der Waals surface area contributed by atoms with E-state index in [1.54, 1.807) is 0 Å². The molecule has 17 heavy (non-hydrogen) atoms. The van der Waals surface area contributed by atoms with Crippen molar-refractivity contribution in [2.45, 2.75) is 58.5 Å². The van der Waals surface area contributed by atoms with Crippen molar-refractivity contribution in [3.63, 3.8) is 0 Å². The largest absolute Gasteiger partial charge is 0.312 e. The predicted octanol–water partition coefficient (Wildman–Crippen LogP) is 2.07. The summed E-state index contributed by atoms with van der Waals surface area (Å²) >= 11 is 0. The number of nitrogens with zero attached hydrogens (tertiary/aromatic N) is 3. The van der Waals surface area contributed by atoms with Gasteiger partial charge in [0, 0.05) is 19.0 Å². The fourth-order valence-electron chi connectivity index (χ4n) is 3.35. The maximum atomic E-state index is 4.49. The second kappa shape index (κ2) is 4.09. The van der Waals surface area contributed by atoms with Gasteiger partial charge in [-0.05, 0) is 18.3 Å². The molecule has 0 radical (unpaired) electrons. The van der Waals surface area contributed by atoms with Crippen LogP contribution in [0.3, 0.4) is 0 Å². The van der Waals surface area contributed by atoms with Gasteiger partial charge in [-0.3, -0.25) is 0 Å². The van der Waals surface area contributed by atoms with Gasteiger partial charge in [0.05, 0.1) is 6.54 Å². The lowest BCUT2D eigenvalue weighted by Gasteiger charge is -2.38. The van der Waals surface area contributed by atoms with E-state index in [-0.39, 0.29) is 0 Å². The second-order valence-corrected chi connectivity index (χ2v) is 6.09. The summed E-state index contributed by atoms with van der Waals surface area (Å²) in [6.45, 7) is 7.73. The van der Waals surface area contributed by atoms with Crippen LogP contribution in [0.4, 0.5) is 0 Å². The van der Waals surface area contributed by atoms with Crippen LogP contribution in [-0.2, 0) is 13.1 Å². The smallest absolute Gasteiger partial charge is 0.147 e. The van der Waals surface area contributed by atoms with Gasteiger partial charge in [0.15, 0.2) is 0 Å². The van der Waals surface area contributed by atoms with Crippen LogP contribution < -0.4 is 5.32 Å². The summed E-state index contributed by atoms with van der Waals surface area (Å²) in [5.41, 5.74) is 0.382. The van der Waals surface area contributed by atoms with E-state index in [0.717, 1.165) is 25.5 Å². The first-order valence-corrected chi connectivity index (χ1v) is 6.81. The molecule has 94 valence electrons. The molecule has 1 aromatic heterocycles. The van der Waals surface area contributed by atoms with Crippen LogP contribution in [0.1, 0.15) is 57.1 Å². The van der Waals surface area contributed by atoms with Crippen molar-refractivity contribution in [1.82, 2.24) is 20.1 Å². The van der Waals surface area contributed by atoms with Crippen molar-refractivity contribution in [3.05, 3.63) is 11.6 Å². The van der Waals surface area contributed by atoms with Crippen molar-refractivity contribution in [2.24, 2.45) is 5.41 Å². The molecule has 1 saturated carbocycles. The first kappa shape index (κ1) is 11.2. The minimum absolute atomic E-state index is 0.382. The molecule has 0 bridgehead atoms. The summed E-state index contributed by atoms with van der Waals surface area (Å²) in [6.07, 6.45) is 5.30. The first-order valence-electron chi connectivity index (χ1n) is 6.81. The number of nitrogens with one attached hydrogen (secondary N) is 1. The molecular formula is C13H22N4. The number of fused-ring (bicyclic) bond motifs is 1. The number of hydrogen-bond donors (Lipinski definition) is 1. The molecule has 1 aliphatic carbocycles. The van der Waals surface area contributed by atoms with E-state index in [4.69, 9.17) is 0 Å². The molecule has 0 amide bonds. The van der Waals surface area contributed by atoms with Gasteiger partial charge in [0.25, 0.3) is 0 Å². The highest BCUT2D eigenvalue weighted by molar-refractivity contribution is 5.09. The van der Waals surface area contributed by atoms with E-state index in [1.165, 1.54) is 31.5 Å². The molecule has 1 fully saturated rings. The molecule has 1 N–H and O–H groups in total. The Balaban J connectivity index is 1.95. The first-order chi connectivity index (χ1) is 8.18. The Morgan fingerprint density at radius 1 is 1.29 bits per heavy atom. The van der Waals surface area contributed by atoms with Gasteiger partial charge in [0.2, 0.25) is 0 Å². The summed E-state index contributed by atoms with van der Waals surface area (Å²) in [6, 6.07) is 0. The molecule has 2 heterocycles. The molecule has 1 aliphatic heterocycles. The van der Waals surface area contributed by atoms with Crippen LogP contribution in [0.15, 0.2) is 0 Å². The standard InChI is InChI=1S/C13H22N4/c1-13(2)6-4-3-5-10(13)12-16-15-11-9-14-7-8-17(11)12/h10,14H,3-9H2,1-2H3. The third-order valence-corrected chi connectivity index (χ3v) is 4.47. The van der Waals surface area contributed by atoms with Gasteiger partial charge in [-0.15, -0.1) is 10.2 Å². The van der Waals surface area contributed by atoms with Crippen LogP contribution in [0.5, 0.6) is 0 Å². The molecule has 0 spiro atoms. The molecule has 2 aliphatic rings. The highest BCUT2D eigenvalue weighted by Gasteiger charge is 2.37. The fraction of sp³-hybridized carbons (Fsp3) is 0.846. The topological polar surface area (TPSA) is 42.7 Å². The summed E-state index contributed by atoms with van der Waals surface area (Å²) in [5, 5.41) is 12.2. The lowest BCUT2D eigenvalue weighted by atomic mass is 9.68. The van der Waals surface area contributed by atoms with Gasteiger partial charge in [-0.25, -0.2) is 0 Å². The van der Waals surface area contributed by atoms with Crippen molar-refractivity contribution in [2.75, 3.05) is 6.54 Å². The Morgan fingerprint density at radius 2 is 2.18 bits per heavy atom. The number of hydrogen-bond acceptors (Lipinski definition) is 3. The fourth-order valence-corrected chi connectivity index (χ4v) is 3.35. The third-order valence-electron chi connectivity index (χ3n) is 4.47. The SMILES string of the molecule is CC1(C)CCCCC1c1nnc2n1CCNC2. The highest BCUT2D eigenvalue weighted by atomic mass is 15.3. The zero-order valence-electron chi connectivity index (χ0n) is 10.9. The van der Waals surface area contributed by atoms with E-state index >= 15 is 0 Å². The van der Waals surface area contributed by atoms with Crippen molar-refractivity contribution in [3.8, 4) is 0 Å². The average molecular weight is 234 g/mol. The van der Waals surface area contributed by atoms with E-state index in [0.29, 0.717) is 11.3 Å². The highest BCUT2D eigenvalue weighted by Crippen LogP contribution is 2.46. The zero-order chi connectivity index (χ0) is 11.9. The van der Waals surface area contributed by atoms with E-state index in [1.807, 2.05) is 0 Å². The minimum atomic E-state index is 0.382. The molecule has 4 nitrogen and oxygen atoms in total. The molecule has 3 rings (SSSR count). The summed E-state index contributed by atoms with van der Waals surface area (Å²) in [5.74, 6) is 2.95. The van der Waals surface area contributed by atoms with Crippen LogP contribution >= 0.6 is 0 Å². The normalized spacial score (nSPS) is 27.8. The zero-order valence-corrected chi connectivity index (χ0v) is 10.9. The maximum absolute atomic E-state index is 4.49. The summed E-state index contributed by atoms with van der Waals surface area (Å²) in [4.78, 5) is 0. The lowest BCUT2D eigenvalue weighted by molar-refractivity contribution is 0.187. The van der Waals surface area contributed by atoms with Gasteiger partial charge < -0.3 is 9.88 Å². The van der Waals surface area contributed by atoms with Crippen molar-refractivity contribution >= 4 is 0 Å². The number of rotatable bonds is 1. The van der Waals surface area contributed by atoms with Gasteiger partial charge in [-0.2, -0.15) is 0 Å². The Labute approximate surface area is 103 Å². The van der Waals surface area contributed by atoms with E-state index in [9.17, 15) is 0 Å². The average Bonchev–Trinajstić information content (AvgIpc) is 2.72. The van der Waals surface area contributed by atoms with Gasteiger partial charge >= 0.3 is 0 Å². The van der Waals surface area contributed by atoms with Gasteiger partial charge in [-0.1, -0.05) is 26.7 Å². The van der Waals surface area contributed by atoms with Crippen molar-refractivity contribution < 1.29 is 0 Å². The Kier molecular flexibility index (Phi) is 2.69. The van der Waals surface area contributed by atoms with Crippen LogP contribution in [0.25, 0.3) is 0 Å². The molecule has 0 saturated heterocycles. The second-order valence-electron chi connectivity index (χ2n) is 6.09. The molecule has 1 unspecified atom stereocenters. The molecule has 4 heteroatoms. The quantitative estimate of drug-likeness (QED) is 0.809. The molecule has 1 atom stereocenters. The van der Waals surface area contributed by atoms with Gasteiger partial charge in [0.1, 0.15) is 11.6 Å². The van der Waals surface area contributed by atoms with Crippen LogP contribution in [0.2, 0.25) is 0 Å². The van der Waals surface area contributed by atoms with Crippen molar-refractivity contribution in [1.29, 1.82) is 0 Å². The summed E-state index contributed by atoms with van der Waals surface area (Å²) in [7, 11) is 0. The molecular weight excluding hydrogens is 212 g/mol. The van der Waals surface area contributed by atoms with Crippen LogP contribution in [0, 0.1) is 5.41 Å². The molecule has 0 aromatic carbocycles. The monoisotopic (exact) mass is 234 g/mol. The number of aromatic nitrogens is 3. The lowest BCUT2D eigenvalue weighted by Crippen LogP contribution is -2.33. The molecule has 1 aromatic rings. The van der Waals surface area contributed by atoms with E-state index in [2.05, 4.69) is 33.9 Å². The Morgan fingerprint density at radius 3 is 3.00 bits per heavy atom. The Bertz CT molecular complexity index is 408. The van der Waals surface area contributed by atoms with Crippen LogP contribution in [-0.4, -0.2) is 21.3 Å². The maximum Gasteiger partial charge on any atom is 0.147 e. The predicted molar refractivity (Wildman–Crippen MR) is 66.7 cm³/mol. The summed E-state index contributed by atoms with van der Waals surface area (Å²) < 4.78 is 2.36.